The summed E-state index contributed by atoms with van der Waals surface area (Å²) in [6, 6.07) is 52.6. The molecule has 10 rings (SSSR count). The quantitative estimate of drug-likeness (QED) is 0.195. The van der Waals surface area contributed by atoms with Crippen LogP contribution in [0.15, 0.2) is 146 Å². The third-order valence-corrected chi connectivity index (χ3v) is 10.7. The molecule has 3 nitrogen and oxygen atoms in total. The molecule has 0 spiro atoms. The van der Waals surface area contributed by atoms with Crippen molar-refractivity contribution >= 4 is 43.6 Å². The van der Waals surface area contributed by atoms with E-state index in [1.807, 2.05) is 12.1 Å². The fraction of sp³-hybridized carbons (Fsp3) is 0.0870. The summed E-state index contributed by atoms with van der Waals surface area (Å²) >= 11 is 0. The van der Waals surface area contributed by atoms with Crippen LogP contribution in [0.2, 0.25) is 0 Å². The highest BCUT2D eigenvalue weighted by atomic mass is 15.1. The molecular weight excluding hydrogens is 595 g/mol. The van der Waals surface area contributed by atoms with Crippen LogP contribution >= 0.6 is 0 Å². The van der Waals surface area contributed by atoms with E-state index in [4.69, 9.17) is 9.97 Å². The van der Waals surface area contributed by atoms with E-state index in [0.29, 0.717) is 0 Å². The van der Waals surface area contributed by atoms with Gasteiger partial charge in [-0.15, -0.1) is 0 Å². The van der Waals surface area contributed by atoms with E-state index >= 15 is 0 Å². The standard InChI is InChI=1S/C46H33N3/c1-28-13-11-16-30-26-37-34-19-12-18-32(31-23-24-39-36(25-31)33-17-7-8-20-38(33)46(39,2)3)44(34)49(42(37)27-35(28)30)45-43(29-14-5-4-6-15-29)47-40-21-9-10-22-41(40)48-45/h4-27H,1-3H3. The van der Waals surface area contributed by atoms with Gasteiger partial charge >= 0.3 is 0 Å². The van der Waals surface area contributed by atoms with E-state index in [0.717, 1.165) is 39.1 Å². The summed E-state index contributed by atoms with van der Waals surface area (Å²) in [4.78, 5) is 10.7. The summed E-state index contributed by atoms with van der Waals surface area (Å²) in [7, 11) is 0. The highest BCUT2D eigenvalue weighted by Gasteiger charge is 2.35. The van der Waals surface area contributed by atoms with Crippen LogP contribution in [-0.2, 0) is 5.41 Å². The first-order chi connectivity index (χ1) is 24.0. The van der Waals surface area contributed by atoms with Crippen LogP contribution < -0.4 is 0 Å². The van der Waals surface area contributed by atoms with Crippen molar-refractivity contribution in [2.24, 2.45) is 0 Å². The summed E-state index contributed by atoms with van der Waals surface area (Å²) in [5.41, 5.74) is 14.9. The number of hydrogen-bond donors (Lipinski definition) is 0. The summed E-state index contributed by atoms with van der Waals surface area (Å²) in [6.07, 6.45) is 0. The molecule has 0 saturated carbocycles. The fourth-order valence-corrected chi connectivity index (χ4v) is 8.27. The molecule has 0 fully saturated rings. The molecule has 0 N–H and O–H groups in total. The van der Waals surface area contributed by atoms with E-state index in [9.17, 15) is 0 Å². The lowest BCUT2D eigenvalue weighted by Crippen LogP contribution is -2.14. The zero-order chi connectivity index (χ0) is 32.9. The second-order valence-electron chi connectivity index (χ2n) is 13.9. The first kappa shape index (κ1) is 28.0. The van der Waals surface area contributed by atoms with Crippen molar-refractivity contribution in [2.75, 3.05) is 0 Å². The van der Waals surface area contributed by atoms with Crippen LogP contribution in [-0.4, -0.2) is 14.5 Å². The topological polar surface area (TPSA) is 30.7 Å². The minimum absolute atomic E-state index is 0.0470. The van der Waals surface area contributed by atoms with Gasteiger partial charge in [0.25, 0.3) is 0 Å². The molecule has 2 aromatic heterocycles. The van der Waals surface area contributed by atoms with Crippen LogP contribution in [0, 0.1) is 6.92 Å². The van der Waals surface area contributed by atoms with Crippen molar-refractivity contribution in [3.63, 3.8) is 0 Å². The molecule has 1 aliphatic carbocycles. The lowest BCUT2D eigenvalue weighted by Gasteiger charge is -2.21. The number of benzene rings is 7. The smallest absolute Gasteiger partial charge is 0.165 e. The average Bonchev–Trinajstić information content (AvgIpc) is 3.58. The Morgan fingerprint density at radius 3 is 2.08 bits per heavy atom. The molecule has 7 aromatic carbocycles. The molecule has 0 unspecified atom stereocenters. The molecule has 3 heteroatoms. The third-order valence-electron chi connectivity index (χ3n) is 10.7. The van der Waals surface area contributed by atoms with Crippen LogP contribution in [0.4, 0.5) is 0 Å². The molecular formula is C46H33N3. The Labute approximate surface area is 285 Å². The van der Waals surface area contributed by atoms with Crippen LogP contribution in [0.25, 0.3) is 82.9 Å². The number of aromatic nitrogens is 3. The molecule has 0 bridgehead atoms. The van der Waals surface area contributed by atoms with E-state index in [-0.39, 0.29) is 5.41 Å². The normalized spacial score (nSPS) is 13.4. The van der Waals surface area contributed by atoms with Gasteiger partial charge < -0.3 is 0 Å². The third kappa shape index (κ3) is 4.02. The van der Waals surface area contributed by atoms with Gasteiger partial charge in [-0.3, -0.25) is 4.57 Å². The number of fused-ring (bicyclic) bond motifs is 8. The van der Waals surface area contributed by atoms with Crippen LogP contribution in [0.1, 0.15) is 30.5 Å². The number of hydrogen-bond acceptors (Lipinski definition) is 2. The van der Waals surface area contributed by atoms with Gasteiger partial charge in [0.05, 0.1) is 22.1 Å². The first-order valence-electron chi connectivity index (χ1n) is 17.0. The molecule has 0 atom stereocenters. The minimum Gasteiger partial charge on any atom is -0.291 e. The molecule has 0 amide bonds. The molecule has 49 heavy (non-hydrogen) atoms. The molecule has 0 saturated heterocycles. The highest BCUT2D eigenvalue weighted by molar-refractivity contribution is 6.17. The maximum atomic E-state index is 5.44. The van der Waals surface area contributed by atoms with E-state index in [2.05, 4.69) is 159 Å². The van der Waals surface area contributed by atoms with Crippen molar-refractivity contribution < 1.29 is 0 Å². The predicted octanol–water partition coefficient (Wildman–Crippen LogP) is 11.8. The number of rotatable bonds is 3. The molecule has 9 aromatic rings. The van der Waals surface area contributed by atoms with Gasteiger partial charge in [-0.05, 0) is 81.4 Å². The Bertz CT molecular complexity index is 2800. The van der Waals surface area contributed by atoms with Crippen molar-refractivity contribution in [1.82, 2.24) is 14.5 Å². The molecule has 2 heterocycles. The van der Waals surface area contributed by atoms with Crippen molar-refractivity contribution in [2.45, 2.75) is 26.2 Å². The Morgan fingerprint density at radius 2 is 1.22 bits per heavy atom. The second-order valence-corrected chi connectivity index (χ2v) is 13.9. The van der Waals surface area contributed by atoms with Gasteiger partial charge in [0, 0.05) is 27.3 Å². The largest absolute Gasteiger partial charge is 0.291 e. The fourth-order valence-electron chi connectivity index (χ4n) is 8.27. The van der Waals surface area contributed by atoms with E-state index in [1.165, 1.54) is 60.5 Å². The Balaban J connectivity index is 1.36. The van der Waals surface area contributed by atoms with Crippen LogP contribution in [0.3, 0.4) is 0 Å². The highest BCUT2D eigenvalue weighted by Crippen LogP contribution is 2.50. The number of para-hydroxylation sites is 3. The van der Waals surface area contributed by atoms with Crippen LogP contribution in [0.5, 0.6) is 0 Å². The molecule has 1 aliphatic rings. The number of aryl methyl sites for hydroxylation is 1. The van der Waals surface area contributed by atoms with Crippen molar-refractivity contribution in [3.05, 3.63) is 162 Å². The van der Waals surface area contributed by atoms with Crippen molar-refractivity contribution in [1.29, 1.82) is 0 Å². The average molecular weight is 628 g/mol. The zero-order valence-corrected chi connectivity index (χ0v) is 27.7. The Hall–Kier alpha value is -6.06. The molecule has 232 valence electrons. The van der Waals surface area contributed by atoms with Gasteiger partial charge in [-0.1, -0.05) is 129 Å². The van der Waals surface area contributed by atoms with Gasteiger partial charge in [0.2, 0.25) is 0 Å². The lowest BCUT2D eigenvalue weighted by molar-refractivity contribution is 0.660. The SMILES string of the molecule is Cc1cccc2cc3c4cccc(-c5ccc6c(c5)-c5ccccc5C6(C)C)c4n(-c4nc5ccccc5nc4-c4ccccc4)c3cc12. The van der Waals surface area contributed by atoms with Gasteiger partial charge in [0.1, 0.15) is 5.69 Å². The van der Waals surface area contributed by atoms with Gasteiger partial charge in [0.15, 0.2) is 5.82 Å². The van der Waals surface area contributed by atoms with E-state index < -0.39 is 0 Å². The molecule has 0 aliphatic heterocycles. The summed E-state index contributed by atoms with van der Waals surface area (Å²) < 4.78 is 2.39. The number of nitrogens with zero attached hydrogens (tertiary/aromatic N) is 3. The maximum Gasteiger partial charge on any atom is 0.165 e. The second kappa shape index (κ2) is 10.2. The van der Waals surface area contributed by atoms with E-state index in [1.54, 1.807) is 0 Å². The maximum absolute atomic E-state index is 5.44. The van der Waals surface area contributed by atoms with Gasteiger partial charge in [-0.2, -0.15) is 0 Å². The Kier molecular flexibility index (Phi) is 5.84. The summed E-state index contributed by atoms with van der Waals surface area (Å²) in [5.74, 6) is 0.831. The summed E-state index contributed by atoms with van der Waals surface area (Å²) in [5, 5.41) is 4.89. The van der Waals surface area contributed by atoms with Gasteiger partial charge in [-0.25, -0.2) is 9.97 Å². The molecule has 0 radical (unpaired) electrons. The minimum atomic E-state index is -0.0470. The monoisotopic (exact) mass is 627 g/mol. The lowest BCUT2D eigenvalue weighted by atomic mass is 9.82. The Morgan fingerprint density at radius 1 is 0.510 bits per heavy atom. The summed E-state index contributed by atoms with van der Waals surface area (Å²) in [6.45, 7) is 6.87. The zero-order valence-electron chi connectivity index (χ0n) is 27.7. The first-order valence-corrected chi connectivity index (χ1v) is 17.0. The van der Waals surface area contributed by atoms with Crippen molar-refractivity contribution in [3.8, 4) is 39.3 Å². The predicted molar refractivity (Wildman–Crippen MR) is 205 cm³/mol.